The number of fused-ring (bicyclic) bond motifs is 1. The Balaban J connectivity index is 2.02. The molecule has 0 saturated heterocycles. The summed E-state index contributed by atoms with van der Waals surface area (Å²) in [6.45, 7) is 3.46. The average molecular weight is 259 g/mol. The number of nitrogens with zero attached hydrogens (tertiary/aromatic N) is 1. The highest BCUT2D eigenvalue weighted by Gasteiger charge is 2.09. The molecule has 19 heavy (non-hydrogen) atoms. The molecular formula is C15H21N3O. The first-order chi connectivity index (χ1) is 9.33. The van der Waals surface area contributed by atoms with Gasteiger partial charge in [0.15, 0.2) is 0 Å². The van der Waals surface area contributed by atoms with Gasteiger partial charge in [-0.05, 0) is 25.5 Å². The minimum Gasteiger partial charge on any atom is -0.382 e. The SMILES string of the molecule is CCOCCC(Cc1ccc2ccccc2n1)NN. The summed E-state index contributed by atoms with van der Waals surface area (Å²) in [4.78, 5) is 4.65. The van der Waals surface area contributed by atoms with Crippen LogP contribution in [0.15, 0.2) is 36.4 Å². The molecule has 2 aromatic rings. The zero-order valence-corrected chi connectivity index (χ0v) is 11.3. The Morgan fingerprint density at radius 1 is 1.26 bits per heavy atom. The van der Waals surface area contributed by atoms with Gasteiger partial charge >= 0.3 is 0 Å². The van der Waals surface area contributed by atoms with Crippen LogP contribution in [-0.2, 0) is 11.2 Å². The molecule has 1 atom stereocenters. The molecule has 3 N–H and O–H groups in total. The van der Waals surface area contributed by atoms with E-state index in [9.17, 15) is 0 Å². The predicted molar refractivity (Wildman–Crippen MR) is 77.7 cm³/mol. The Labute approximate surface area is 113 Å². The van der Waals surface area contributed by atoms with Gasteiger partial charge < -0.3 is 4.74 Å². The molecule has 102 valence electrons. The normalized spacial score (nSPS) is 12.7. The van der Waals surface area contributed by atoms with E-state index in [0.29, 0.717) is 0 Å². The van der Waals surface area contributed by atoms with Gasteiger partial charge in [0.25, 0.3) is 0 Å². The predicted octanol–water partition coefficient (Wildman–Crippen LogP) is 2.04. The zero-order valence-electron chi connectivity index (χ0n) is 11.3. The molecular weight excluding hydrogens is 238 g/mol. The largest absolute Gasteiger partial charge is 0.382 e. The Hall–Kier alpha value is -1.49. The summed E-state index contributed by atoms with van der Waals surface area (Å²) in [6, 6.07) is 12.5. The fraction of sp³-hybridized carbons (Fsp3) is 0.400. The third-order valence-electron chi connectivity index (χ3n) is 3.16. The summed E-state index contributed by atoms with van der Waals surface area (Å²) in [5, 5.41) is 1.16. The molecule has 0 amide bonds. The van der Waals surface area contributed by atoms with Gasteiger partial charge in [0.2, 0.25) is 0 Å². The number of para-hydroxylation sites is 1. The van der Waals surface area contributed by atoms with E-state index in [2.05, 4.69) is 28.6 Å². The number of benzene rings is 1. The second-order valence-electron chi connectivity index (χ2n) is 4.55. The number of hydrogen-bond donors (Lipinski definition) is 2. The Bertz CT molecular complexity index is 515. The fourth-order valence-electron chi connectivity index (χ4n) is 2.09. The summed E-state index contributed by atoms with van der Waals surface area (Å²) in [5.74, 6) is 5.58. The first-order valence-corrected chi connectivity index (χ1v) is 6.72. The number of aromatic nitrogens is 1. The van der Waals surface area contributed by atoms with Gasteiger partial charge in [-0.25, -0.2) is 0 Å². The lowest BCUT2D eigenvalue weighted by Gasteiger charge is -2.15. The molecule has 4 nitrogen and oxygen atoms in total. The molecule has 2 rings (SSSR count). The van der Waals surface area contributed by atoms with Crippen molar-refractivity contribution < 1.29 is 4.74 Å². The van der Waals surface area contributed by atoms with Crippen LogP contribution in [0.1, 0.15) is 19.0 Å². The third-order valence-corrected chi connectivity index (χ3v) is 3.16. The van der Waals surface area contributed by atoms with Crippen molar-refractivity contribution in [2.75, 3.05) is 13.2 Å². The number of nitrogens with one attached hydrogen (secondary N) is 1. The number of hydrazine groups is 1. The van der Waals surface area contributed by atoms with E-state index in [1.165, 1.54) is 0 Å². The third kappa shape index (κ3) is 3.99. The van der Waals surface area contributed by atoms with Crippen LogP contribution in [0, 0.1) is 0 Å². The molecule has 0 bridgehead atoms. The zero-order chi connectivity index (χ0) is 13.5. The van der Waals surface area contributed by atoms with Crippen LogP contribution in [-0.4, -0.2) is 24.2 Å². The average Bonchev–Trinajstić information content (AvgIpc) is 2.46. The van der Waals surface area contributed by atoms with Crippen LogP contribution in [0.5, 0.6) is 0 Å². The molecule has 0 radical (unpaired) electrons. The van der Waals surface area contributed by atoms with Crippen molar-refractivity contribution in [3.05, 3.63) is 42.1 Å². The molecule has 0 saturated carbocycles. The summed E-state index contributed by atoms with van der Waals surface area (Å²) in [7, 11) is 0. The highest BCUT2D eigenvalue weighted by atomic mass is 16.5. The minimum atomic E-state index is 0.195. The van der Waals surface area contributed by atoms with Crippen LogP contribution in [0.2, 0.25) is 0 Å². The number of ether oxygens (including phenoxy) is 1. The smallest absolute Gasteiger partial charge is 0.0705 e. The Morgan fingerprint density at radius 2 is 2.11 bits per heavy atom. The van der Waals surface area contributed by atoms with Crippen molar-refractivity contribution in [3.63, 3.8) is 0 Å². The Kier molecular flexibility index (Phi) is 5.27. The van der Waals surface area contributed by atoms with Gasteiger partial charge in [0.1, 0.15) is 0 Å². The van der Waals surface area contributed by atoms with Crippen molar-refractivity contribution in [1.82, 2.24) is 10.4 Å². The second-order valence-corrected chi connectivity index (χ2v) is 4.55. The Morgan fingerprint density at radius 3 is 2.89 bits per heavy atom. The van der Waals surface area contributed by atoms with Crippen LogP contribution >= 0.6 is 0 Å². The maximum atomic E-state index is 5.58. The summed E-state index contributed by atoms with van der Waals surface area (Å²) < 4.78 is 5.36. The molecule has 1 heterocycles. The first-order valence-electron chi connectivity index (χ1n) is 6.72. The topological polar surface area (TPSA) is 60.2 Å². The van der Waals surface area contributed by atoms with E-state index in [1.807, 2.05) is 25.1 Å². The fourth-order valence-corrected chi connectivity index (χ4v) is 2.09. The van der Waals surface area contributed by atoms with Crippen molar-refractivity contribution in [1.29, 1.82) is 0 Å². The lowest BCUT2D eigenvalue weighted by atomic mass is 10.1. The van der Waals surface area contributed by atoms with E-state index >= 15 is 0 Å². The lowest BCUT2D eigenvalue weighted by molar-refractivity contribution is 0.136. The minimum absolute atomic E-state index is 0.195. The maximum absolute atomic E-state index is 5.58. The molecule has 0 aliphatic carbocycles. The van der Waals surface area contributed by atoms with Crippen molar-refractivity contribution in [3.8, 4) is 0 Å². The number of nitrogens with two attached hydrogens (primary N) is 1. The molecule has 0 spiro atoms. The monoisotopic (exact) mass is 259 g/mol. The number of hydrogen-bond acceptors (Lipinski definition) is 4. The summed E-state index contributed by atoms with van der Waals surface area (Å²) in [5.41, 5.74) is 4.92. The van der Waals surface area contributed by atoms with Crippen molar-refractivity contribution in [2.24, 2.45) is 5.84 Å². The van der Waals surface area contributed by atoms with E-state index in [4.69, 9.17) is 10.6 Å². The van der Waals surface area contributed by atoms with Gasteiger partial charge in [-0.3, -0.25) is 16.3 Å². The van der Waals surface area contributed by atoms with Gasteiger partial charge in [-0.15, -0.1) is 0 Å². The molecule has 0 aliphatic rings. The van der Waals surface area contributed by atoms with Gasteiger partial charge in [0.05, 0.1) is 5.52 Å². The van der Waals surface area contributed by atoms with Crippen LogP contribution in [0.3, 0.4) is 0 Å². The standard InChI is InChI=1S/C15H21N3O/c1-2-19-10-9-14(18-16)11-13-8-7-12-5-3-4-6-15(12)17-13/h3-8,14,18H,2,9-11,16H2,1H3. The highest BCUT2D eigenvalue weighted by molar-refractivity contribution is 5.78. The van der Waals surface area contributed by atoms with Crippen molar-refractivity contribution in [2.45, 2.75) is 25.8 Å². The van der Waals surface area contributed by atoms with E-state index in [1.54, 1.807) is 0 Å². The highest BCUT2D eigenvalue weighted by Crippen LogP contribution is 2.13. The molecule has 1 unspecified atom stereocenters. The van der Waals surface area contributed by atoms with Gasteiger partial charge in [0, 0.05) is 36.8 Å². The summed E-state index contributed by atoms with van der Waals surface area (Å²) >= 11 is 0. The van der Waals surface area contributed by atoms with E-state index in [-0.39, 0.29) is 6.04 Å². The molecule has 1 aromatic heterocycles. The van der Waals surface area contributed by atoms with Crippen LogP contribution in [0.4, 0.5) is 0 Å². The second kappa shape index (κ2) is 7.19. The lowest BCUT2D eigenvalue weighted by Crippen LogP contribution is -2.37. The molecule has 4 heteroatoms. The first kappa shape index (κ1) is 13.9. The maximum Gasteiger partial charge on any atom is 0.0705 e. The molecule has 0 fully saturated rings. The molecule has 1 aromatic carbocycles. The van der Waals surface area contributed by atoms with Crippen molar-refractivity contribution >= 4 is 10.9 Å². The van der Waals surface area contributed by atoms with E-state index in [0.717, 1.165) is 42.7 Å². The number of pyridine rings is 1. The quantitative estimate of drug-likeness (QED) is 0.454. The molecule has 0 aliphatic heterocycles. The van der Waals surface area contributed by atoms with Gasteiger partial charge in [-0.1, -0.05) is 24.3 Å². The van der Waals surface area contributed by atoms with Crippen LogP contribution in [0.25, 0.3) is 10.9 Å². The van der Waals surface area contributed by atoms with E-state index < -0.39 is 0 Å². The van der Waals surface area contributed by atoms with Crippen LogP contribution < -0.4 is 11.3 Å². The number of rotatable bonds is 7. The van der Waals surface area contributed by atoms with Gasteiger partial charge in [-0.2, -0.15) is 0 Å². The summed E-state index contributed by atoms with van der Waals surface area (Å²) in [6.07, 6.45) is 1.70.